The summed E-state index contributed by atoms with van der Waals surface area (Å²) in [5, 5.41) is 0. The van der Waals surface area contributed by atoms with Gasteiger partial charge in [-0.2, -0.15) is 0 Å². The second-order valence-electron chi connectivity index (χ2n) is 5.15. The van der Waals surface area contributed by atoms with Crippen molar-refractivity contribution in [2.75, 3.05) is 26.2 Å². The predicted molar refractivity (Wildman–Crippen MR) is 73.8 cm³/mol. The molecule has 1 heterocycles. The lowest BCUT2D eigenvalue weighted by atomic mass is 9.94. The van der Waals surface area contributed by atoms with E-state index in [0.29, 0.717) is 6.04 Å². The Morgan fingerprint density at radius 2 is 1.88 bits per heavy atom. The fourth-order valence-corrected chi connectivity index (χ4v) is 2.39. The molecule has 1 fully saturated rings. The third kappa shape index (κ3) is 3.58. The van der Waals surface area contributed by atoms with Crippen molar-refractivity contribution < 1.29 is 0 Å². The highest BCUT2D eigenvalue weighted by Crippen LogP contribution is 2.09. The summed E-state index contributed by atoms with van der Waals surface area (Å²) in [5.41, 5.74) is 2.19. The van der Waals surface area contributed by atoms with E-state index >= 15 is 0 Å². The number of piperazine rings is 1. The Balaban J connectivity index is 1.86. The maximum atomic E-state index is 5.80. The van der Waals surface area contributed by atoms with Crippen LogP contribution < -0.4 is 5.46 Å². The highest BCUT2D eigenvalue weighted by molar-refractivity contribution is 6.32. The lowest BCUT2D eigenvalue weighted by Crippen LogP contribution is -2.48. The van der Waals surface area contributed by atoms with Crippen LogP contribution >= 0.6 is 0 Å². The second-order valence-corrected chi connectivity index (χ2v) is 5.15. The Morgan fingerprint density at radius 3 is 2.47 bits per heavy atom. The Kier molecular flexibility index (Phi) is 4.24. The summed E-state index contributed by atoms with van der Waals surface area (Å²) >= 11 is 0. The summed E-state index contributed by atoms with van der Waals surface area (Å²) in [4.78, 5) is 5.05. The highest BCUT2D eigenvalue weighted by Gasteiger charge is 2.18. The smallest absolute Gasteiger partial charge is 0.113 e. The van der Waals surface area contributed by atoms with Crippen molar-refractivity contribution in [3.8, 4) is 0 Å². The molecule has 1 aliphatic heterocycles. The van der Waals surface area contributed by atoms with Crippen LogP contribution in [0.2, 0.25) is 0 Å². The first kappa shape index (κ1) is 12.7. The molecule has 3 heteroatoms. The third-order valence-corrected chi connectivity index (χ3v) is 3.49. The molecule has 0 aromatic heterocycles. The van der Waals surface area contributed by atoms with Gasteiger partial charge in [-0.1, -0.05) is 29.7 Å². The van der Waals surface area contributed by atoms with Crippen molar-refractivity contribution in [2.45, 2.75) is 26.4 Å². The van der Waals surface area contributed by atoms with Crippen LogP contribution in [0.15, 0.2) is 24.3 Å². The van der Waals surface area contributed by atoms with Gasteiger partial charge < -0.3 is 0 Å². The van der Waals surface area contributed by atoms with E-state index in [2.05, 4.69) is 35.8 Å². The molecule has 0 atom stereocenters. The molecule has 1 aromatic carbocycles. The molecule has 0 aliphatic carbocycles. The van der Waals surface area contributed by atoms with Crippen LogP contribution in [0.3, 0.4) is 0 Å². The summed E-state index contributed by atoms with van der Waals surface area (Å²) in [6.45, 7) is 10.2. The largest absolute Gasteiger partial charge is 0.298 e. The molecular formula is C14H21BN2. The van der Waals surface area contributed by atoms with Gasteiger partial charge in [0.1, 0.15) is 7.85 Å². The molecule has 2 nitrogen and oxygen atoms in total. The van der Waals surface area contributed by atoms with Crippen LogP contribution in [0.4, 0.5) is 0 Å². The van der Waals surface area contributed by atoms with E-state index in [1.165, 1.54) is 18.7 Å². The van der Waals surface area contributed by atoms with Gasteiger partial charge in [-0.15, -0.1) is 0 Å². The van der Waals surface area contributed by atoms with Crippen LogP contribution in [-0.4, -0.2) is 49.9 Å². The Hall–Kier alpha value is -0.795. The van der Waals surface area contributed by atoms with Crippen molar-refractivity contribution >= 4 is 13.3 Å². The van der Waals surface area contributed by atoms with Crippen LogP contribution in [0.25, 0.3) is 0 Å². The number of rotatable bonds is 3. The lowest BCUT2D eigenvalue weighted by molar-refractivity contribution is 0.104. The number of benzene rings is 1. The fourth-order valence-electron chi connectivity index (χ4n) is 2.39. The zero-order chi connectivity index (χ0) is 12.3. The summed E-state index contributed by atoms with van der Waals surface area (Å²) in [6, 6.07) is 8.89. The molecule has 2 rings (SSSR count). The van der Waals surface area contributed by atoms with E-state index in [1.807, 2.05) is 12.1 Å². The Bertz CT molecular complexity index is 357. The average Bonchev–Trinajstić information content (AvgIpc) is 2.29. The molecule has 1 saturated heterocycles. The van der Waals surface area contributed by atoms with Crippen LogP contribution in [0.1, 0.15) is 19.4 Å². The zero-order valence-corrected chi connectivity index (χ0v) is 10.9. The molecule has 1 aliphatic rings. The van der Waals surface area contributed by atoms with E-state index in [-0.39, 0.29) is 0 Å². The normalized spacial score (nSPS) is 18.8. The standard InChI is InChI=1S/C14H21BN2/c1-12(2)17-8-6-16(7-9-17)11-13-4-3-5-14(15)10-13/h3-5,10,12H,6-9,11H2,1-2H3. The van der Waals surface area contributed by atoms with Gasteiger partial charge in [-0.25, -0.2) is 0 Å². The summed E-state index contributed by atoms with van der Waals surface area (Å²) in [6.07, 6.45) is 0. The average molecular weight is 228 g/mol. The zero-order valence-electron chi connectivity index (χ0n) is 10.9. The van der Waals surface area contributed by atoms with E-state index in [1.54, 1.807) is 0 Å². The monoisotopic (exact) mass is 228 g/mol. The number of hydrogen-bond donors (Lipinski definition) is 0. The maximum Gasteiger partial charge on any atom is 0.113 e. The lowest BCUT2D eigenvalue weighted by Gasteiger charge is -2.37. The molecule has 0 unspecified atom stereocenters. The molecule has 0 N–H and O–H groups in total. The second kappa shape index (κ2) is 5.70. The highest BCUT2D eigenvalue weighted by atomic mass is 15.3. The van der Waals surface area contributed by atoms with Gasteiger partial charge in [0, 0.05) is 38.8 Å². The first-order valence-electron chi connectivity index (χ1n) is 6.46. The molecule has 90 valence electrons. The van der Waals surface area contributed by atoms with Gasteiger partial charge in [0.2, 0.25) is 0 Å². The van der Waals surface area contributed by atoms with Crippen molar-refractivity contribution in [1.82, 2.24) is 9.80 Å². The van der Waals surface area contributed by atoms with Crippen molar-refractivity contribution in [3.05, 3.63) is 29.8 Å². The molecule has 0 saturated carbocycles. The van der Waals surface area contributed by atoms with Gasteiger partial charge in [0.15, 0.2) is 0 Å². The number of hydrogen-bond acceptors (Lipinski definition) is 2. The van der Waals surface area contributed by atoms with Crippen LogP contribution in [0.5, 0.6) is 0 Å². The maximum absolute atomic E-state index is 5.80. The van der Waals surface area contributed by atoms with E-state index in [4.69, 9.17) is 7.85 Å². The minimum Gasteiger partial charge on any atom is -0.298 e. The molecule has 0 amide bonds. The van der Waals surface area contributed by atoms with Gasteiger partial charge in [-0.05, 0) is 19.4 Å². The van der Waals surface area contributed by atoms with Gasteiger partial charge in [0.25, 0.3) is 0 Å². The molecule has 0 bridgehead atoms. The van der Waals surface area contributed by atoms with Crippen LogP contribution in [-0.2, 0) is 6.54 Å². The van der Waals surface area contributed by atoms with Crippen LogP contribution in [0, 0.1) is 0 Å². The van der Waals surface area contributed by atoms with Crippen molar-refractivity contribution in [1.29, 1.82) is 0 Å². The first-order chi connectivity index (χ1) is 8.15. The summed E-state index contributed by atoms with van der Waals surface area (Å²) in [7, 11) is 5.80. The Labute approximate surface area is 106 Å². The van der Waals surface area contributed by atoms with Crippen molar-refractivity contribution in [2.24, 2.45) is 0 Å². The van der Waals surface area contributed by atoms with Gasteiger partial charge >= 0.3 is 0 Å². The molecule has 17 heavy (non-hydrogen) atoms. The fraction of sp³-hybridized carbons (Fsp3) is 0.571. The molecule has 2 radical (unpaired) electrons. The van der Waals surface area contributed by atoms with Gasteiger partial charge in [0.05, 0.1) is 0 Å². The van der Waals surface area contributed by atoms with E-state index < -0.39 is 0 Å². The quantitative estimate of drug-likeness (QED) is 0.712. The summed E-state index contributed by atoms with van der Waals surface area (Å²) in [5.74, 6) is 0. The Morgan fingerprint density at radius 1 is 1.18 bits per heavy atom. The minimum atomic E-state index is 0.671. The first-order valence-corrected chi connectivity index (χ1v) is 6.46. The SMILES string of the molecule is [B]c1cccc(CN2CCN(C(C)C)CC2)c1. The van der Waals surface area contributed by atoms with E-state index in [9.17, 15) is 0 Å². The van der Waals surface area contributed by atoms with Crippen molar-refractivity contribution in [3.63, 3.8) is 0 Å². The summed E-state index contributed by atoms with van der Waals surface area (Å²) < 4.78 is 0. The molecule has 1 aromatic rings. The van der Waals surface area contributed by atoms with E-state index in [0.717, 1.165) is 25.1 Å². The predicted octanol–water partition coefficient (Wildman–Crippen LogP) is 1.01. The molecule has 0 spiro atoms. The van der Waals surface area contributed by atoms with Gasteiger partial charge in [-0.3, -0.25) is 9.80 Å². The molecular weight excluding hydrogens is 207 g/mol. The minimum absolute atomic E-state index is 0.671. The topological polar surface area (TPSA) is 6.48 Å². The number of nitrogens with zero attached hydrogens (tertiary/aromatic N) is 2. The third-order valence-electron chi connectivity index (χ3n) is 3.49.